The lowest BCUT2D eigenvalue weighted by molar-refractivity contribution is -0.142. The molecule has 0 spiro atoms. The van der Waals surface area contributed by atoms with Crippen molar-refractivity contribution >= 4 is 26.8 Å². The summed E-state index contributed by atoms with van der Waals surface area (Å²) in [5.41, 5.74) is 1.19. The molecule has 0 radical (unpaired) electrons. The summed E-state index contributed by atoms with van der Waals surface area (Å²) < 4.78 is 32.9. The fourth-order valence-electron chi connectivity index (χ4n) is 2.86. The summed E-state index contributed by atoms with van der Waals surface area (Å²) in [5, 5.41) is 10.6. The summed E-state index contributed by atoms with van der Waals surface area (Å²) in [6.45, 7) is 0. The van der Waals surface area contributed by atoms with E-state index < -0.39 is 22.0 Å². The summed E-state index contributed by atoms with van der Waals surface area (Å²) in [5.74, 6) is -0.686. The molecule has 1 atom stereocenters. The van der Waals surface area contributed by atoms with Crippen LogP contribution in [0, 0.1) is 11.3 Å². The third-order valence-corrected chi connectivity index (χ3v) is 5.81. The highest BCUT2D eigenvalue weighted by Gasteiger charge is 2.27. The van der Waals surface area contributed by atoms with Gasteiger partial charge in [-0.1, -0.05) is 42.5 Å². The SMILES string of the molecule is COC(=O)[C@H](Cc1ccc(C#N)cc1)NS(=O)(=O)c1ccc2ccccc2c1. The molecular formula is C21H18N2O4S. The Morgan fingerprint density at radius 3 is 2.39 bits per heavy atom. The number of esters is 1. The second-order valence-electron chi connectivity index (χ2n) is 6.22. The van der Waals surface area contributed by atoms with Crippen LogP contribution >= 0.6 is 0 Å². The molecule has 0 bridgehead atoms. The predicted molar refractivity (Wildman–Crippen MR) is 105 cm³/mol. The van der Waals surface area contributed by atoms with Crippen molar-refractivity contribution in [3.63, 3.8) is 0 Å². The minimum absolute atomic E-state index is 0.0694. The first-order valence-electron chi connectivity index (χ1n) is 8.51. The van der Waals surface area contributed by atoms with Gasteiger partial charge in [0.05, 0.1) is 23.6 Å². The number of hydrogen-bond acceptors (Lipinski definition) is 5. The van der Waals surface area contributed by atoms with E-state index in [-0.39, 0.29) is 11.3 Å². The number of methoxy groups -OCH3 is 1. The molecule has 0 unspecified atom stereocenters. The van der Waals surface area contributed by atoms with E-state index in [1.54, 1.807) is 36.4 Å². The highest BCUT2D eigenvalue weighted by atomic mass is 32.2. The first-order chi connectivity index (χ1) is 13.4. The Kier molecular flexibility index (Phi) is 5.73. The van der Waals surface area contributed by atoms with Gasteiger partial charge in [0.1, 0.15) is 6.04 Å². The topological polar surface area (TPSA) is 96.3 Å². The standard InChI is InChI=1S/C21H18N2O4S/c1-27-21(24)20(12-15-6-8-16(14-22)9-7-15)23-28(25,26)19-11-10-17-4-2-3-5-18(17)13-19/h2-11,13,20,23H,12H2,1H3/t20-/m0/s1. The van der Waals surface area contributed by atoms with Crippen molar-refractivity contribution in [1.82, 2.24) is 4.72 Å². The number of fused-ring (bicyclic) bond motifs is 1. The van der Waals surface area contributed by atoms with Crippen LogP contribution in [0.1, 0.15) is 11.1 Å². The number of benzene rings is 3. The summed E-state index contributed by atoms with van der Waals surface area (Å²) in [7, 11) is -2.74. The zero-order chi connectivity index (χ0) is 20.1. The lowest BCUT2D eigenvalue weighted by Crippen LogP contribution is -2.42. The van der Waals surface area contributed by atoms with Crippen LogP contribution in [0.4, 0.5) is 0 Å². The van der Waals surface area contributed by atoms with E-state index in [0.29, 0.717) is 11.1 Å². The molecule has 6 nitrogen and oxygen atoms in total. The van der Waals surface area contributed by atoms with E-state index in [1.807, 2.05) is 30.3 Å². The largest absolute Gasteiger partial charge is 0.468 e. The molecule has 3 aromatic carbocycles. The Labute approximate surface area is 163 Å². The lowest BCUT2D eigenvalue weighted by Gasteiger charge is -2.17. The maximum atomic E-state index is 12.8. The van der Waals surface area contributed by atoms with Gasteiger partial charge in [-0.15, -0.1) is 0 Å². The number of carbonyl (C=O) groups excluding carboxylic acids is 1. The zero-order valence-corrected chi connectivity index (χ0v) is 15.9. The van der Waals surface area contributed by atoms with Gasteiger partial charge in [0.15, 0.2) is 0 Å². The van der Waals surface area contributed by atoms with Gasteiger partial charge in [-0.3, -0.25) is 4.79 Å². The number of nitrogens with zero attached hydrogens (tertiary/aromatic N) is 1. The maximum Gasteiger partial charge on any atom is 0.324 e. The molecule has 142 valence electrons. The van der Waals surface area contributed by atoms with Crippen molar-refractivity contribution < 1.29 is 17.9 Å². The molecule has 0 saturated heterocycles. The van der Waals surface area contributed by atoms with Gasteiger partial charge in [0.25, 0.3) is 0 Å². The number of nitriles is 1. The molecule has 0 saturated carbocycles. The molecule has 0 fully saturated rings. The van der Waals surface area contributed by atoms with E-state index in [9.17, 15) is 13.2 Å². The number of rotatable bonds is 6. The van der Waals surface area contributed by atoms with Crippen molar-refractivity contribution in [1.29, 1.82) is 5.26 Å². The van der Waals surface area contributed by atoms with Gasteiger partial charge in [-0.25, -0.2) is 8.42 Å². The summed E-state index contributed by atoms with van der Waals surface area (Å²) in [6, 6.07) is 19.7. The molecule has 7 heteroatoms. The number of hydrogen-bond donors (Lipinski definition) is 1. The highest BCUT2D eigenvalue weighted by molar-refractivity contribution is 7.89. The summed E-state index contributed by atoms with van der Waals surface area (Å²) in [6.07, 6.45) is 0.102. The van der Waals surface area contributed by atoms with Crippen LogP contribution in [0.2, 0.25) is 0 Å². The Bertz CT molecular complexity index is 1150. The first-order valence-corrected chi connectivity index (χ1v) is 9.99. The molecule has 3 aromatic rings. The fraction of sp³-hybridized carbons (Fsp3) is 0.143. The van der Waals surface area contributed by atoms with Gasteiger partial charge in [0.2, 0.25) is 10.0 Å². The number of sulfonamides is 1. The molecule has 0 amide bonds. The first kappa shape index (κ1) is 19.5. The molecule has 0 aliphatic carbocycles. The molecule has 0 aliphatic rings. The second kappa shape index (κ2) is 8.21. The van der Waals surface area contributed by atoms with Gasteiger partial charge in [-0.05, 0) is 47.0 Å². The third kappa shape index (κ3) is 4.36. The molecular weight excluding hydrogens is 376 g/mol. The quantitative estimate of drug-likeness (QED) is 0.649. The average molecular weight is 394 g/mol. The second-order valence-corrected chi connectivity index (χ2v) is 7.93. The number of carbonyl (C=O) groups is 1. The molecule has 1 N–H and O–H groups in total. The van der Waals surface area contributed by atoms with Gasteiger partial charge < -0.3 is 4.74 Å². The minimum atomic E-state index is -3.94. The van der Waals surface area contributed by atoms with Crippen molar-refractivity contribution in [3.05, 3.63) is 77.9 Å². The smallest absolute Gasteiger partial charge is 0.324 e. The van der Waals surface area contributed by atoms with Crippen LogP contribution in [0.25, 0.3) is 10.8 Å². The number of ether oxygens (including phenoxy) is 1. The van der Waals surface area contributed by atoms with Crippen LogP contribution in [0.15, 0.2) is 71.6 Å². The van der Waals surface area contributed by atoms with Crippen LogP contribution in [-0.4, -0.2) is 27.5 Å². The predicted octanol–water partition coefficient (Wildman–Crippen LogP) is 2.77. The third-order valence-electron chi connectivity index (χ3n) is 4.34. The fourth-order valence-corrected chi connectivity index (χ4v) is 4.08. The molecule has 28 heavy (non-hydrogen) atoms. The average Bonchev–Trinajstić information content (AvgIpc) is 2.72. The van der Waals surface area contributed by atoms with Gasteiger partial charge in [0, 0.05) is 0 Å². The molecule has 0 aromatic heterocycles. The monoisotopic (exact) mass is 394 g/mol. The van der Waals surface area contributed by atoms with Crippen molar-refractivity contribution in [2.45, 2.75) is 17.4 Å². The number of nitrogens with one attached hydrogen (secondary N) is 1. The molecule has 0 aliphatic heterocycles. The van der Waals surface area contributed by atoms with Crippen molar-refractivity contribution in [2.24, 2.45) is 0 Å². The van der Waals surface area contributed by atoms with Crippen molar-refractivity contribution in [3.8, 4) is 6.07 Å². The Morgan fingerprint density at radius 2 is 1.75 bits per heavy atom. The van der Waals surface area contributed by atoms with E-state index >= 15 is 0 Å². The Balaban J connectivity index is 1.87. The summed E-state index contributed by atoms with van der Waals surface area (Å²) in [4.78, 5) is 12.2. The van der Waals surface area contributed by atoms with E-state index in [0.717, 1.165) is 10.8 Å². The zero-order valence-electron chi connectivity index (χ0n) is 15.1. The van der Waals surface area contributed by atoms with Crippen LogP contribution in [0.5, 0.6) is 0 Å². The lowest BCUT2D eigenvalue weighted by atomic mass is 10.1. The van der Waals surface area contributed by atoms with E-state index in [2.05, 4.69) is 4.72 Å². The Hall–Kier alpha value is -3.21. The minimum Gasteiger partial charge on any atom is -0.468 e. The normalized spacial score (nSPS) is 12.3. The van der Waals surface area contributed by atoms with E-state index in [4.69, 9.17) is 10.00 Å². The van der Waals surface area contributed by atoms with E-state index in [1.165, 1.54) is 13.2 Å². The molecule has 0 heterocycles. The summed E-state index contributed by atoms with van der Waals surface area (Å²) >= 11 is 0. The van der Waals surface area contributed by atoms with Crippen LogP contribution in [0.3, 0.4) is 0 Å². The van der Waals surface area contributed by atoms with Crippen LogP contribution in [-0.2, 0) is 26.0 Å². The highest BCUT2D eigenvalue weighted by Crippen LogP contribution is 2.19. The van der Waals surface area contributed by atoms with Crippen molar-refractivity contribution in [2.75, 3.05) is 7.11 Å². The molecule has 3 rings (SSSR count). The Morgan fingerprint density at radius 1 is 1.07 bits per heavy atom. The van der Waals surface area contributed by atoms with Gasteiger partial charge in [-0.2, -0.15) is 9.98 Å². The van der Waals surface area contributed by atoms with Gasteiger partial charge >= 0.3 is 5.97 Å². The maximum absolute atomic E-state index is 12.8. The van der Waals surface area contributed by atoms with Crippen LogP contribution < -0.4 is 4.72 Å².